The summed E-state index contributed by atoms with van der Waals surface area (Å²) in [5.41, 5.74) is 8.64. The molecule has 0 radical (unpaired) electrons. The Bertz CT molecular complexity index is 833. The molecule has 0 aromatic heterocycles. The van der Waals surface area contributed by atoms with Crippen LogP contribution in [0.15, 0.2) is 50.4 Å². The van der Waals surface area contributed by atoms with Gasteiger partial charge >= 0.3 is 0 Å². The Hall–Kier alpha value is -2.39. The quantitative estimate of drug-likeness (QED) is 0.465. The van der Waals surface area contributed by atoms with Crippen LogP contribution in [-0.2, 0) is 4.79 Å². The van der Waals surface area contributed by atoms with Gasteiger partial charge in [-0.1, -0.05) is 6.07 Å². The Morgan fingerprint density at radius 1 is 1.23 bits per heavy atom. The summed E-state index contributed by atoms with van der Waals surface area (Å²) < 4.78 is 11.6. The van der Waals surface area contributed by atoms with Crippen LogP contribution in [0.5, 0.6) is 11.5 Å². The van der Waals surface area contributed by atoms with Gasteiger partial charge in [0.15, 0.2) is 6.61 Å². The number of primary amides is 1. The van der Waals surface area contributed by atoms with E-state index in [9.17, 15) is 9.59 Å². The summed E-state index contributed by atoms with van der Waals surface area (Å²) in [5, 5.41) is 3.94. The van der Waals surface area contributed by atoms with Crippen molar-refractivity contribution in [2.45, 2.75) is 0 Å². The molecule has 0 heterocycles. The number of nitrogens with zero attached hydrogens (tertiary/aromatic N) is 1. The lowest BCUT2D eigenvalue weighted by molar-refractivity contribution is -0.119. The maximum absolute atomic E-state index is 12.1. The molecule has 26 heavy (non-hydrogen) atoms. The Labute approximate surface area is 166 Å². The Kier molecular flexibility index (Phi) is 7.16. The fourth-order valence-electron chi connectivity index (χ4n) is 1.93. The zero-order chi connectivity index (χ0) is 19.1. The number of rotatable bonds is 7. The molecule has 0 aliphatic heterocycles. The molecule has 2 aromatic rings. The number of methoxy groups -OCH3 is 1. The molecule has 7 nitrogen and oxygen atoms in total. The third-order valence-corrected chi connectivity index (χ3v) is 4.27. The van der Waals surface area contributed by atoms with Crippen LogP contribution >= 0.6 is 31.9 Å². The standard InChI is InChI=1S/C17H15Br2N3O4/c1-25-12-4-2-3-11(7-12)17(24)22-21-8-10-5-13(18)16(14(19)6-10)26-9-15(20)23/h2-8H,9H2,1H3,(H2,20,23)(H,22,24)/b21-8+. The number of hydrogen-bond acceptors (Lipinski definition) is 5. The van der Waals surface area contributed by atoms with E-state index in [0.29, 0.717) is 31.6 Å². The molecule has 2 amide bonds. The molecule has 136 valence electrons. The number of hydrazone groups is 1. The van der Waals surface area contributed by atoms with E-state index in [1.165, 1.54) is 13.3 Å². The molecule has 9 heteroatoms. The lowest BCUT2D eigenvalue weighted by Gasteiger charge is -2.09. The van der Waals surface area contributed by atoms with Crippen molar-refractivity contribution < 1.29 is 19.1 Å². The third kappa shape index (κ3) is 5.57. The highest BCUT2D eigenvalue weighted by molar-refractivity contribution is 9.11. The number of carbonyl (C=O) groups excluding carboxylic acids is 2. The molecule has 3 N–H and O–H groups in total. The number of halogens is 2. The van der Waals surface area contributed by atoms with Gasteiger partial charge in [-0.2, -0.15) is 5.10 Å². The molecule has 2 rings (SSSR count). The van der Waals surface area contributed by atoms with Gasteiger partial charge in [0.25, 0.3) is 11.8 Å². The van der Waals surface area contributed by atoms with Gasteiger partial charge in [0.2, 0.25) is 0 Å². The van der Waals surface area contributed by atoms with Gasteiger partial charge in [0.1, 0.15) is 11.5 Å². The van der Waals surface area contributed by atoms with E-state index >= 15 is 0 Å². The zero-order valence-corrected chi connectivity index (χ0v) is 16.8. The fourth-order valence-corrected chi connectivity index (χ4v) is 3.38. The van der Waals surface area contributed by atoms with Crippen molar-refractivity contribution in [3.63, 3.8) is 0 Å². The number of carbonyl (C=O) groups is 2. The molecule has 0 saturated heterocycles. The van der Waals surface area contributed by atoms with Crippen LogP contribution in [-0.4, -0.2) is 31.7 Å². The third-order valence-electron chi connectivity index (χ3n) is 3.09. The van der Waals surface area contributed by atoms with Crippen molar-refractivity contribution >= 4 is 49.9 Å². The Morgan fingerprint density at radius 3 is 2.54 bits per heavy atom. The van der Waals surface area contributed by atoms with E-state index in [-0.39, 0.29) is 12.5 Å². The molecule has 0 aliphatic rings. The van der Waals surface area contributed by atoms with E-state index in [2.05, 4.69) is 42.4 Å². The normalized spacial score (nSPS) is 10.6. The first kappa shape index (κ1) is 19.9. The number of nitrogens with two attached hydrogens (primary N) is 1. The molecular weight excluding hydrogens is 470 g/mol. The van der Waals surface area contributed by atoms with Crippen LogP contribution in [0, 0.1) is 0 Å². The van der Waals surface area contributed by atoms with Crippen LogP contribution < -0.4 is 20.6 Å². The number of hydrogen-bond donors (Lipinski definition) is 2. The second-order valence-electron chi connectivity index (χ2n) is 5.00. The lowest BCUT2D eigenvalue weighted by Crippen LogP contribution is -2.20. The van der Waals surface area contributed by atoms with Crippen molar-refractivity contribution in [2.24, 2.45) is 10.8 Å². The second-order valence-corrected chi connectivity index (χ2v) is 6.71. The lowest BCUT2D eigenvalue weighted by atomic mass is 10.2. The van der Waals surface area contributed by atoms with E-state index in [4.69, 9.17) is 15.2 Å². The predicted octanol–water partition coefficient (Wildman–Crippen LogP) is 2.85. The number of ether oxygens (including phenoxy) is 2. The molecule has 0 aliphatic carbocycles. The highest BCUT2D eigenvalue weighted by Gasteiger charge is 2.10. The van der Waals surface area contributed by atoms with Gasteiger partial charge in [0.05, 0.1) is 22.3 Å². The first-order chi connectivity index (χ1) is 12.4. The van der Waals surface area contributed by atoms with E-state index < -0.39 is 5.91 Å². The fraction of sp³-hybridized carbons (Fsp3) is 0.118. The van der Waals surface area contributed by atoms with E-state index in [1.807, 2.05) is 0 Å². The average molecular weight is 485 g/mol. The molecule has 2 aromatic carbocycles. The van der Waals surface area contributed by atoms with Crippen LogP contribution in [0.4, 0.5) is 0 Å². The average Bonchev–Trinajstić information content (AvgIpc) is 2.60. The molecule has 0 unspecified atom stereocenters. The first-order valence-corrected chi connectivity index (χ1v) is 8.87. The predicted molar refractivity (Wildman–Crippen MR) is 105 cm³/mol. The van der Waals surface area contributed by atoms with Crippen molar-refractivity contribution in [3.8, 4) is 11.5 Å². The minimum atomic E-state index is -0.574. The van der Waals surface area contributed by atoms with Gasteiger partial charge in [-0.25, -0.2) is 5.43 Å². The van der Waals surface area contributed by atoms with Gasteiger partial charge < -0.3 is 15.2 Å². The van der Waals surface area contributed by atoms with Crippen molar-refractivity contribution in [2.75, 3.05) is 13.7 Å². The minimum Gasteiger partial charge on any atom is -0.497 e. The Balaban J connectivity index is 2.05. The number of benzene rings is 2. The maximum atomic E-state index is 12.1. The summed E-state index contributed by atoms with van der Waals surface area (Å²) in [6.07, 6.45) is 1.48. The van der Waals surface area contributed by atoms with Gasteiger partial charge in [-0.15, -0.1) is 0 Å². The van der Waals surface area contributed by atoms with Crippen molar-refractivity contribution in [1.29, 1.82) is 0 Å². The molecule has 0 saturated carbocycles. The summed E-state index contributed by atoms with van der Waals surface area (Å²) >= 11 is 6.70. The first-order valence-electron chi connectivity index (χ1n) is 7.28. The largest absolute Gasteiger partial charge is 0.497 e. The zero-order valence-electron chi connectivity index (χ0n) is 13.7. The molecule has 0 fully saturated rings. The van der Waals surface area contributed by atoms with E-state index in [0.717, 1.165) is 0 Å². The summed E-state index contributed by atoms with van der Waals surface area (Å²) in [6.45, 7) is -0.235. The summed E-state index contributed by atoms with van der Waals surface area (Å²) in [6, 6.07) is 10.2. The minimum absolute atomic E-state index is 0.235. The topological polar surface area (TPSA) is 103 Å². The maximum Gasteiger partial charge on any atom is 0.271 e. The highest BCUT2D eigenvalue weighted by Crippen LogP contribution is 2.34. The molecular formula is C17H15Br2N3O4. The molecule has 0 atom stereocenters. The van der Waals surface area contributed by atoms with Crippen molar-refractivity contribution in [3.05, 3.63) is 56.5 Å². The monoisotopic (exact) mass is 483 g/mol. The second kappa shape index (κ2) is 9.35. The molecule has 0 bridgehead atoms. The number of amides is 2. The van der Waals surface area contributed by atoms with E-state index in [1.54, 1.807) is 36.4 Å². The van der Waals surface area contributed by atoms with Crippen LogP contribution in [0.25, 0.3) is 0 Å². The Morgan fingerprint density at radius 2 is 1.92 bits per heavy atom. The summed E-state index contributed by atoms with van der Waals surface area (Å²) in [7, 11) is 1.53. The van der Waals surface area contributed by atoms with Gasteiger partial charge in [-0.3, -0.25) is 9.59 Å². The number of nitrogens with one attached hydrogen (secondary N) is 1. The summed E-state index contributed by atoms with van der Waals surface area (Å²) in [5.74, 6) is 0.0943. The SMILES string of the molecule is COc1cccc(C(=O)N/N=C/c2cc(Br)c(OCC(N)=O)c(Br)c2)c1. The van der Waals surface area contributed by atoms with Crippen molar-refractivity contribution in [1.82, 2.24) is 5.43 Å². The van der Waals surface area contributed by atoms with Crippen LogP contribution in [0.1, 0.15) is 15.9 Å². The summed E-state index contributed by atoms with van der Waals surface area (Å²) in [4.78, 5) is 22.9. The van der Waals surface area contributed by atoms with Gasteiger partial charge in [0, 0.05) is 5.56 Å². The van der Waals surface area contributed by atoms with Crippen LogP contribution in [0.2, 0.25) is 0 Å². The van der Waals surface area contributed by atoms with Gasteiger partial charge in [-0.05, 0) is 67.8 Å². The smallest absolute Gasteiger partial charge is 0.271 e. The molecule has 0 spiro atoms. The highest BCUT2D eigenvalue weighted by atomic mass is 79.9. The van der Waals surface area contributed by atoms with Crippen LogP contribution in [0.3, 0.4) is 0 Å².